The minimum atomic E-state index is -0.441. The lowest BCUT2D eigenvalue weighted by molar-refractivity contribution is 0.476. The minimum Gasteiger partial charge on any atom is -0.506 e. The Morgan fingerprint density at radius 1 is 1.25 bits per heavy atom. The summed E-state index contributed by atoms with van der Waals surface area (Å²) in [5, 5.41) is 26.5. The lowest BCUT2D eigenvalue weighted by Crippen LogP contribution is -2.13. The van der Waals surface area contributed by atoms with Gasteiger partial charge >= 0.3 is 0 Å². The Bertz CT molecular complexity index is 785. The fourth-order valence-corrected chi connectivity index (χ4v) is 1.80. The van der Waals surface area contributed by atoms with E-state index < -0.39 is 5.56 Å². The molecule has 0 spiro atoms. The fraction of sp³-hybridized carbons (Fsp3) is 0.143. The summed E-state index contributed by atoms with van der Waals surface area (Å²) < 4.78 is 0. The van der Waals surface area contributed by atoms with Crippen molar-refractivity contribution in [3.05, 3.63) is 51.4 Å². The summed E-state index contributed by atoms with van der Waals surface area (Å²) in [6.45, 7) is 3.31. The van der Waals surface area contributed by atoms with Crippen molar-refractivity contribution in [3.8, 4) is 11.8 Å². The summed E-state index contributed by atoms with van der Waals surface area (Å²) in [6, 6.07) is 8.36. The summed E-state index contributed by atoms with van der Waals surface area (Å²) in [7, 11) is 0. The van der Waals surface area contributed by atoms with Crippen LogP contribution in [0.15, 0.2) is 39.3 Å². The van der Waals surface area contributed by atoms with Gasteiger partial charge < -0.3 is 10.1 Å². The van der Waals surface area contributed by atoms with Crippen molar-refractivity contribution in [1.82, 2.24) is 4.98 Å². The second-order valence-corrected chi connectivity index (χ2v) is 4.23. The van der Waals surface area contributed by atoms with Gasteiger partial charge in [0, 0.05) is 11.3 Å². The third-order valence-corrected chi connectivity index (χ3v) is 2.86. The first-order valence-electron chi connectivity index (χ1n) is 5.88. The molecule has 0 aliphatic rings. The number of phenols is 1. The molecular formula is C14H12N4O2. The number of para-hydroxylation sites is 1. The van der Waals surface area contributed by atoms with Gasteiger partial charge in [-0.1, -0.05) is 12.1 Å². The van der Waals surface area contributed by atoms with Gasteiger partial charge in [-0.2, -0.15) is 5.26 Å². The first-order chi connectivity index (χ1) is 9.54. The summed E-state index contributed by atoms with van der Waals surface area (Å²) in [4.78, 5) is 14.1. The number of hydrogen-bond donors (Lipinski definition) is 2. The molecule has 2 N–H and O–H groups in total. The number of azo groups is 1. The van der Waals surface area contributed by atoms with Crippen molar-refractivity contribution in [2.75, 3.05) is 0 Å². The predicted molar refractivity (Wildman–Crippen MR) is 73.5 cm³/mol. The van der Waals surface area contributed by atoms with E-state index >= 15 is 0 Å². The van der Waals surface area contributed by atoms with Gasteiger partial charge in [-0.15, -0.1) is 10.2 Å². The topological polar surface area (TPSA) is 102 Å². The number of aromatic amines is 1. The smallest absolute Gasteiger partial charge is 0.266 e. The van der Waals surface area contributed by atoms with Gasteiger partial charge in [-0.05, 0) is 26.0 Å². The molecule has 1 heterocycles. The number of nitrogens with one attached hydrogen (secondary N) is 1. The van der Waals surface area contributed by atoms with E-state index in [1.165, 1.54) is 6.07 Å². The van der Waals surface area contributed by atoms with Crippen LogP contribution in [0.4, 0.5) is 11.4 Å². The largest absolute Gasteiger partial charge is 0.506 e. The van der Waals surface area contributed by atoms with Crippen LogP contribution in [-0.4, -0.2) is 10.1 Å². The molecule has 20 heavy (non-hydrogen) atoms. The van der Waals surface area contributed by atoms with E-state index in [0.717, 1.165) is 0 Å². The van der Waals surface area contributed by atoms with Gasteiger partial charge in [0.2, 0.25) is 0 Å². The van der Waals surface area contributed by atoms with Gasteiger partial charge in [0.05, 0.1) is 0 Å². The number of rotatable bonds is 2. The van der Waals surface area contributed by atoms with Crippen molar-refractivity contribution >= 4 is 11.4 Å². The molecule has 0 saturated carbocycles. The van der Waals surface area contributed by atoms with Crippen molar-refractivity contribution in [3.63, 3.8) is 0 Å². The van der Waals surface area contributed by atoms with E-state index in [-0.39, 0.29) is 11.3 Å². The predicted octanol–water partition coefficient (Wildman–Crippen LogP) is 2.98. The Kier molecular flexibility index (Phi) is 3.62. The van der Waals surface area contributed by atoms with Gasteiger partial charge in [0.1, 0.15) is 28.8 Å². The molecule has 2 aromatic rings. The fourth-order valence-electron chi connectivity index (χ4n) is 1.80. The number of aryl methyl sites for hydroxylation is 1. The summed E-state index contributed by atoms with van der Waals surface area (Å²) in [6.07, 6.45) is 0. The molecule has 2 rings (SSSR count). The average molecular weight is 268 g/mol. The summed E-state index contributed by atoms with van der Waals surface area (Å²) in [5.74, 6) is 0.0106. The Morgan fingerprint density at radius 3 is 2.60 bits per heavy atom. The Hall–Kier alpha value is -2.94. The SMILES string of the molecule is Cc1[nH]c(=O)c(C#N)c(C)c1N=Nc1ccccc1O. The van der Waals surface area contributed by atoms with Crippen LogP contribution < -0.4 is 5.56 Å². The maximum atomic E-state index is 11.6. The van der Waals surface area contributed by atoms with Crippen molar-refractivity contribution in [2.24, 2.45) is 10.2 Å². The van der Waals surface area contributed by atoms with Gasteiger partial charge in [0.15, 0.2) is 0 Å². The number of pyridine rings is 1. The van der Waals surface area contributed by atoms with E-state index in [1.807, 2.05) is 6.07 Å². The van der Waals surface area contributed by atoms with Gasteiger partial charge in [-0.3, -0.25) is 4.79 Å². The molecule has 0 fully saturated rings. The standard InChI is InChI=1S/C14H12N4O2/c1-8-10(7-15)14(20)16-9(2)13(8)18-17-11-5-3-4-6-12(11)19/h3-6,19H,1-2H3,(H,16,20). The summed E-state index contributed by atoms with van der Waals surface area (Å²) in [5.41, 5.74) is 1.30. The Balaban J connectivity index is 2.53. The molecule has 0 radical (unpaired) electrons. The highest BCUT2D eigenvalue weighted by Gasteiger charge is 2.11. The molecule has 0 unspecified atom stereocenters. The monoisotopic (exact) mass is 268 g/mol. The molecule has 0 bridgehead atoms. The number of phenolic OH excluding ortho intramolecular Hbond substituents is 1. The van der Waals surface area contributed by atoms with Crippen LogP contribution in [0.5, 0.6) is 5.75 Å². The molecule has 1 aromatic carbocycles. The highest BCUT2D eigenvalue weighted by atomic mass is 16.3. The van der Waals surface area contributed by atoms with Crippen LogP contribution in [-0.2, 0) is 0 Å². The van der Waals surface area contributed by atoms with Crippen molar-refractivity contribution in [1.29, 1.82) is 5.26 Å². The van der Waals surface area contributed by atoms with Crippen LogP contribution >= 0.6 is 0 Å². The maximum Gasteiger partial charge on any atom is 0.266 e. The number of hydrogen-bond acceptors (Lipinski definition) is 5. The molecule has 0 aliphatic heterocycles. The van der Waals surface area contributed by atoms with Crippen LogP contribution in [0.25, 0.3) is 0 Å². The van der Waals surface area contributed by atoms with Crippen LogP contribution in [0.3, 0.4) is 0 Å². The third-order valence-electron chi connectivity index (χ3n) is 2.86. The minimum absolute atomic E-state index is 0.0106. The Morgan fingerprint density at radius 2 is 1.95 bits per heavy atom. The van der Waals surface area contributed by atoms with E-state index in [0.29, 0.717) is 22.6 Å². The molecule has 1 aromatic heterocycles. The number of aromatic hydroxyl groups is 1. The van der Waals surface area contributed by atoms with Crippen LogP contribution in [0, 0.1) is 25.2 Å². The van der Waals surface area contributed by atoms with Crippen molar-refractivity contribution in [2.45, 2.75) is 13.8 Å². The number of benzene rings is 1. The molecule has 6 nitrogen and oxygen atoms in total. The van der Waals surface area contributed by atoms with E-state index in [1.54, 1.807) is 32.0 Å². The summed E-state index contributed by atoms with van der Waals surface area (Å²) >= 11 is 0. The third kappa shape index (κ3) is 2.42. The zero-order valence-corrected chi connectivity index (χ0v) is 11.0. The zero-order chi connectivity index (χ0) is 14.7. The zero-order valence-electron chi connectivity index (χ0n) is 11.0. The van der Waals surface area contributed by atoms with Gasteiger partial charge in [-0.25, -0.2) is 0 Å². The lowest BCUT2D eigenvalue weighted by Gasteiger charge is -2.04. The quantitative estimate of drug-likeness (QED) is 0.818. The lowest BCUT2D eigenvalue weighted by atomic mass is 10.1. The average Bonchev–Trinajstić information content (AvgIpc) is 2.40. The highest BCUT2D eigenvalue weighted by Crippen LogP contribution is 2.29. The number of aromatic nitrogens is 1. The molecule has 6 heteroatoms. The first kappa shape index (κ1) is 13.5. The molecule has 0 atom stereocenters. The van der Waals surface area contributed by atoms with Crippen LogP contribution in [0.1, 0.15) is 16.8 Å². The molecule has 0 amide bonds. The second-order valence-electron chi connectivity index (χ2n) is 4.23. The number of H-pyrrole nitrogens is 1. The molecule has 0 saturated heterocycles. The van der Waals surface area contributed by atoms with E-state index in [2.05, 4.69) is 15.2 Å². The molecule has 0 aliphatic carbocycles. The maximum absolute atomic E-state index is 11.6. The first-order valence-corrected chi connectivity index (χ1v) is 5.88. The Labute approximate surface area is 115 Å². The van der Waals surface area contributed by atoms with Crippen LogP contribution in [0.2, 0.25) is 0 Å². The highest BCUT2D eigenvalue weighted by molar-refractivity contribution is 5.56. The normalized spacial score (nSPS) is 10.7. The number of nitrogens with zero attached hydrogens (tertiary/aromatic N) is 3. The van der Waals surface area contributed by atoms with E-state index in [4.69, 9.17) is 5.26 Å². The molecular weight excluding hydrogens is 256 g/mol. The van der Waals surface area contributed by atoms with E-state index in [9.17, 15) is 9.90 Å². The van der Waals surface area contributed by atoms with Crippen molar-refractivity contribution < 1.29 is 5.11 Å². The number of nitriles is 1. The second kappa shape index (κ2) is 5.36. The molecule has 100 valence electrons. The van der Waals surface area contributed by atoms with Gasteiger partial charge in [0.25, 0.3) is 5.56 Å².